The largest absolute Gasteiger partial charge is 0.472 e. The number of hydrogen-bond donors (Lipinski definition) is 6. The summed E-state index contributed by atoms with van der Waals surface area (Å²) in [5, 5.41) is 11.9. The number of H-pyrrole nitrogens is 1. The average Bonchev–Trinajstić information content (AvgIpc) is 3.79. The van der Waals surface area contributed by atoms with E-state index >= 15 is 0 Å². The molecule has 416 valence electrons. The highest BCUT2D eigenvalue weighted by atomic mass is 31.2. The van der Waals surface area contributed by atoms with Gasteiger partial charge in [0.2, 0.25) is 23.6 Å². The molecule has 1 aromatic heterocycles. The lowest BCUT2D eigenvalue weighted by Crippen LogP contribution is -2.51. The Bertz CT molecular complexity index is 2080. The van der Waals surface area contributed by atoms with Crippen molar-refractivity contribution in [1.29, 1.82) is 0 Å². The number of carbonyl (C=O) groups excluding carboxylic acids is 5. The maximum absolute atomic E-state index is 13.4. The van der Waals surface area contributed by atoms with Crippen molar-refractivity contribution in [1.82, 2.24) is 26.3 Å². The summed E-state index contributed by atoms with van der Waals surface area (Å²) in [7, 11) is -4.77. The van der Waals surface area contributed by atoms with E-state index in [9.17, 15) is 33.4 Å². The first-order valence-electron chi connectivity index (χ1n) is 28.4. The molecule has 0 bridgehead atoms. The monoisotopic (exact) mass is 1050 g/mol. The van der Waals surface area contributed by atoms with Crippen LogP contribution in [0.1, 0.15) is 200 Å². The first-order chi connectivity index (χ1) is 35.9. The van der Waals surface area contributed by atoms with Crippen LogP contribution in [0.15, 0.2) is 54.7 Å². The summed E-state index contributed by atoms with van der Waals surface area (Å²) in [5.74, 6) is -2.34. The predicted octanol–water partition coefficient (Wildman–Crippen LogP) is 12.1. The number of carbonyl (C=O) groups is 5. The van der Waals surface area contributed by atoms with Gasteiger partial charge in [-0.3, -0.25) is 33.0 Å². The number of phosphoric ester groups is 1. The molecule has 0 aliphatic heterocycles. The second-order valence-electron chi connectivity index (χ2n) is 20.0. The fraction of sp³-hybridized carbons (Fsp3) is 0.672. The number of amides is 4. The molecule has 4 atom stereocenters. The van der Waals surface area contributed by atoms with Crippen molar-refractivity contribution >= 4 is 48.3 Å². The maximum Gasteiger partial charge on any atom is 0.472 e. The zero-order valence-electron chi connectivity index (χ0n) is 45.6. The highest BCUT2D eigenvalue weighted by molar-refractivity contribution is 7.47. The number of benzene rings is 2. The number of unbranched alkanes of at least 4 members (excludes halogenated alkanes) is 20. The van der Waals surface area contributed by atoms with Crippen molar-refractivity contribution in [2.45, 2.75) is 213 Å². The molecule has 0 aliphatic rings. The van der Waals surface area contributed by atoms with Crippen molar-refractivity contribution < 1.29 is 47.2 Å². The summed E-state index contributed by atoms with van der Waals surface area (Å²) in [4.78, 5) is 79.3. The van der Waals surface area contributed by atoms with Gasteiger partial charge in [0.05, 0.1) is 26.2 Å². The van der Waals surface area contributed by atoms with Gasteiger partial charge >= 0.3 is 13.8 Å². The zero-order chi connectivity index (χ0) is 53.7. The highest BCUT2D eigenvalue weighted by Crippen LogP contribution is 2.43. The first kappa shape index (κ1) is 63.7. The van der Waals surface area contributed by atoms with Crippen molar-refractivity contribution in [3.05, 3.63) is 60.3 Å². The number of esters is 1. The SMILES string of the molecule is CCCCCCCCCCCCCCCC(=O)N[C@@H](COP(=O)(O)OCCNC(=O)[C@@H](NC(=O)Cc1c[nH]c2ccc(-c3ccccc3)cc12)[C@@H](C)CC)C(=O)NCCCOC(=O)CCCCCCCCCCC. The van der Waals surface area contributed by atoms with Crippen molar-refractivity contribution in [3.63, 3.8) is 0 Å². The summed E-state index contributed by atoms with van der Waals surface area (Å²) in [6.45, 7) is 7.21. The smallest absolute Gasteiger partial charge is 0.466 e. The molecule has 0 fully saturated rings. The van der Waals surface area contributed by atoms with Gasteiger partial charge in [-0.05, 0) is 54.0 Å². The van der Waals surface area contributed by atoms with E-state index in [0.717, 1.165) is 66.1 Å². The molecule has 0 spiro atoms. The molecule has 0 saturated heterocycles. The molecular formula is C58H94N5O10P. The van der Waals surface area contributed by atoms with Crippen LogP contribution >= 0.6 is 7.82 Å². The van der Waals surface area contributed by atoms with Crippen LogP contribution in [0.3, 0.4) is 0 Å². The van der Waals surface area contributed by atoms with E-state index in [0.29, 0.717) is 25.7 Å². The molecule has 1 heterocycles. The summed E-state index contributed by atoms with van der Waals surface area (Å²) in [5.41, 5.74) is 3.76. The third-order valence-electron chi connectivity index (χ3n) is 13.6. The van der Waals surface area contributed by atoms with Crippen LogP contribution in [0.2, 0.25) is 0 Å². The lowest BCUT2D eigenvalue weighted by molar-refractivity contribution is -0.143. The second-order valence-corrected chi connectivity index (χ2v) is 21.4. The van der Waals surface area contributed by atoms with E-state index in [1.165, 1.54) is 96.3 Å². The predicted molar refractivity (Wildman–Crippen MR) is 296 cm³/mol. The molecule has 3 aromatic rings. The van der Waals surface area contributed by atoms with Crippen LogP contribution in [0.25, 0.3) is 22.0 Å². The van der Waals surface area contributed by atoms with Gasteiger partial charge < -0.3 is 35.9 Å². The minimum Gasteiger partial charge on any atom is -0.466 e. The molecule has 3 rings (SSSR count). The number of hydrogen-bond acceptors (Lipinski definition) is 9. The molecule has 0 saturated carbocycles. The normalized spacial score (nSPS) is 13.4. The molecular weight excluding hydrogens is 958 g/mol. The molecule has 1 unspecified atom stereocenters. The Morgan fingerprint density at radius 3 is 1.77 bits per heavy atom. The number of rotatable bonds is 44. The van der Waals surface area contributed by atoms with E-state index < -0.39 is 44.9 Å². The number of aromatic nitrogens is 1. The van der Waals surface area contributed by atoms with E-state index in [4.69, 9.17) is 13.8 Å². The maximum atomic E-state index is 13.4. The topological polar surface area (TPSA) is 214 Å². The van der Waals surface area contributed by atoms with Gasteiger partial charge in [-0.15, -0.1) is 0 Å². The third-order valence-corrected chi connectivity index (χ3v) is 14.6. The van der Waals surface area contributed by atoms with Gasteiger partial charge in [-0.2, -0.15) is 0 Å². The van der Waals surface area contributed by atoms with Crippen LogP contribution in [0.4, 0.5) is 0 Å². The first-order valence-corrected chi connectivity index (χ1v) is 29.9. The molecule has 0 aliphatic carbocycles. The Hall–Kier alpha value is -4.56. The fourth-order valence-corrected chi connectivity index (χ4v) is 9.62. The minimum atomic E-state index is -4.77. The number of aromatic amines is 1. The molecule has 4 amide bonds. The highest BCUT2D eigenvalue weighted by Gasteiger charge is 2.29. The molecule has 2 aromatic carbocycles. The molecule has 74 heavy (non-hydrogen) atoms. The van der Waals surface area contributed by atoms with Gasteiger partial charge in [0.25, 0.3) is 0 Å². The third kappa shape index (κ3) is 27.8. The minimum absolute atomic E-state index is 0.0421. The van der Waals surface area contributed by atoms with Gasteiger partial charge in [-0.1, -0.05) is 199 Å². The molecule has 6 N–H and O–H groups in total. The molecule has 0 radical (unpaired) electrons. The lowest BCUT2D eigenvalue weighted by Gasteiger charge is -2.24. The van der Waals surface area contributed by atoms with Crippen LogP contribution < -0.4 is 21.3 Å². The van der Waals surface area contributed by atoms with Crippen LogP contribution in [0.5, 0.6) is 0 Å². The van der Waals surface area contributed by atoms with Gasteiger partial charge in [0.1, 0.15) is 12.1 Å². The number of nitrogens with one attached hydrogen (secondary N) is 5. The number of fused-ring (bicyclic) bond motifs is 1. The summed E-state index contributed by atoms with van der Waals surface area (Å²) in [6.07, 6.45) is 28.8. The van der Waals surface area contributed by atoms with Gasteiger partial charge in [-0.25, -0.2) is 4.57 Å². The summed E-state index contributed by atoms with van der Waals surface area (Å²) >= 11 is 0. The van der Waals surface area contributed by atoms with Gasteiger partial charge in [0, 0.05) is 43.0 Å². The summed E-state index contributed by atoms with van der Waals surface area (Å²) < 4.78 is 28.8. The Kier molecular flexibility index (Phi) is 33.5. The van der Waals surface area contributed by atoms with E-state index in [2.05, 4.69) is 40.1 Å². The van der Waals surface area contributed by atoms with Crippen molar-refractivity contribution in [3.8, 4) is 11.1 Å². The van der Waals surface area contributed by atoms with Crippen LogP contribution in [0, 0.1) is 5.92 Å². The van der Waals surface area contributed by atoms with Crippen LogP contribution in [-0.4, -0.2) is 84.5 Å². The number of ether oxygens (including phenoxy) is 1. The Balaban J connectivity index is 1.45. The van der Waals surface area contributed by atoms with E-state index in [1.54, 1.807) is 6.20 Å². The second kappa shape index (κ2) is 38.9. The fourth-order valence-electron chi connectivity index (χ4n) is 8.88. The van der Waals surface area contributed by atoms with E-state index in [-0.39, 0.29) is 56.2 Å². The molecule has 15 nitrogen and oxygen atoms in total. The Labute approximate surface area is 443 Å². The summed E-state index contributed by atoms with van der Waals surface area (Å²) in [6, 6.07) is 13.8. The zero-order valence-corrected chi connectivity index (χ0v) is 46.5. The standard InChI is InChI=1S/C58H94N5O10P/c1-5-8-10-12-14-16-17-18-19-21-22-24-29-34-53(64)62-52(57(67)59-38-31-40-71-55(66)35-30-25-23-20-15-13-11-9-6-2)45-73-74(69,70)72-41-39-60-58(68)56(46(4)7-3)63-54(65)43-49-44-61-51-37-36-48(42-50(49)51)47-32-27-26-28-33-47/h26-28,32-33,36-37,42,44,46,52,56,61H,5-25,29-31,34-35,38-41,43,45H2,1-4H3,(H,59,67)(H,60,68)(H,62,64)(H,63,65)(H,69,70)/t46-,52-,56-/m0/s1. The quantitative estimate of drug-likeness (QED) is 0.0179. The van der Waals surface area contributed by atoms with Gasteiger partial charge in [0.15, 0.2) is 0 Å². The van der Waals surface area contributed by atoms with Crippen molar-refractivity contribution in [2.75, 3.05) is 32.9 Å². The Morgan fingerprint density at radius 1 is 0.608 bits per heavy atom. The Morgan fingerprint density at radius 2 is 1.18 bits per heavy atom. The van der Waals surface area contributed by atoms with Crippen LogP contribution in [-0.2, 0) is 48.7 Å². The van der Waals surface area contributed by atoms with E-state index in [1.807, 2.05) is 62.4 Å². The number of phosphoric acid groups is 1. The van der Waals surface area contributed by atoms with Crippen molar-refractivity contribution in [2.24, 2.45) is 5.92 Å². The lowest BCUT2D eigenvalue weighted by atomic mass is 9.97. The average molecular weight is 1050 g/mol. The molecule has 16 heteroatoms.